The number of rotatable bonds is 9. The number of aromatic nitrogens is 3. The molecule has 2 aromatic carbocycles. The molecule has 0 atom stereocenters. The van der Waals surface area contributed by atoms with Crippen LogP contribution in [0.5, 0.6) is 5.75 Å². The van der Waals surface area contributed by atoms with Gasteiger partial charge in [0.05, 0.1) is 12.9 Å². The van der Waals surface area contributed by atoms with Crippen molar-refractivity contribution < 1.29 is 9.53 Å². The molecule has 0 saturated carbocycles. The Morgan fingerprint density at radius 2 is 2.03 bits per heavy atom. The zero-order valence-corrected chi connectivity index (χ0v) is 20.1. The summed E-state index contributed by atoms with van der Waals surface area (Å²) in [7, 11) is 1.60. The molecule has 0 unspecified atom stereocenters. The van der Waals surface area contributed by atoms with E-state index in [4.69, 9.17) is 4.74 Å². The highest BCUT2D eigenvalue weighted by Gasteiger charge is 2.20. The van der Waals surface area contributed by atoms with Crippen LogP contribution in [-0.2, 0) is 11.3 Å². The van der Waals surface area contributed by atoms with Crippen LogP contribution in [0.25, 0.3) is 22.5 Å². The van der Waals surface area contributed by atoms with Crippen molar-refractivity contribution in [2.75, 3.05) is 18.2 Å². The van der Waals surface area contributed by atoms with Gasteiger partial charge in [0, 0.05) is 39.7 Å². The third-order valence-corrected chi connectivity index (χ3v) is 6.87. The predicted molar refractivity (Wildman–Crippen MR) is 136 cm³/mol. The second-order valence-electron chi connectivity index (χ2n) is 7.22. The average Bonchev–Trinajstić information content (AvgIpc) is 3.41. The molecule has 8 heteroatoms. The maximum Gasteiger partial charge on any atom is 0.234 e. The smallest absolute Gasteiger partial charge is 0.234 e. The van der Waals surface area contributed by atoms with E-state index in [1.807, 2.05) is 47.0 Å². The second kappa shape index (κ2) is 10.5. The number of benzene rings is 2. The highest BCUT2D eigenvalue weighted by molar-refractivity contribution is 7.99. The van der Waals surface area contributed by atoms with E-state index in [1.165, 1.54) is 16.6 Å². The number of ether oxygens (including phenoxy) is 1. The minimum absolute atomic E-state index is 0.126. The zero-order valence-electron chi connectivity index (χ0n) is 18.4. The fraction of sp³-hybridized carbons (Fsp3) is 0.160. The van der Waals surface area contributed by atoms with Crippen molar-refractivity contribution in [1.29, 1.82) is 0 Å². The van der Waals surface area contributed by atoms with Gasteiger partial charge in [-0.1, -0.05) is 54.2 Å². The molecule has 6 nitrogen and oxygen atoms in total. The van der Waals surface area contributed by atoms with Crippen LogP contribution in [-0.4, -0.2) is 33.5 Å². The Morgan fingerprint density at radius 3 is 2.79 bits per heavy atom. The highest BCUT2D eigenvalue weighted by atomic mass is 32.2. The van der Waals surface area contributed by atoms with Gasteiger partial charge in [0.1, 0.15) is 5.75 Å². The number of allylic oxidation sites excluding steroid dienone is 1. The Balaban J connectivity index is 1.56. The number of thiophene rings is 1. The lowest BCUT2D eigenvalue weighted by Crippen LogP contribution is -2.14. The van der Waals surface area contributed by atoms with Crippen LogP contribution in [0.4, 0.5) is 5.69 Å². The van der Waals surface area contributed by atoms with Crippen molar-refractivity contribution in [3.05, 3.63) is 77.5 Å². The third kappa shape index (κ3) is 5.18. The van der Waals surface area contributed by atoms with Crippen molar-refractivity contribution >= 4 is 34.7 Å². The fourth-order valence-electron chi connectivity index (χ4n) is 3.50. The van der Waals surface area contributed by atoms with E-state index in [9.17, 15) is 4.79 Å². The first-order valence-corrected chi connectivity index (χ1v) is 12.2. The molecule has 0 radical (unpaired) electrons. The molecule has 2 aromatic heterocycles. The van der Waals surface area contributed by atoms with Gasteiger partial charge in [0.25, 0.3) is 0 Å². The number of anilines is 1. The van der Waals surface area contributed by atoms with E-state index < -0.39 is 0 Å². The predicted octanol–water partition coefficient (Wildman–Crippen LogP) is 5.91. The van der Waals surface area contributed by atoms with E-state index >= 15 is 0 Å². The molecule has 1 N–H and O–H groups in total. The zero-order chi connectivity index (χ0) is 23.2. The first kappa shape index (κ1) is 22.8. The minimum atomic E-state index is -0.126. The van der Waals surface area contributed by atoms with Crippen molar-refractivity contribution in [3.8, 4) is 28.3 Å². The van der Waals surface area contributed by atoms with Crippen LogP contribution in [0.15, 0.2) is 77.8 Å². The van der Waals surface area contributed by atoms with Crippen LogP contribution in [0, 0.1) is 6.92 Å². The van der Waals surface area contributed by atoms with Crippen LogP contribution in [0.2, 0.25) is 0 Å². The van der Waals surface area contributed by atoms with Gasteiger partial charge in [-0.2, -0.15) is 0 Å². The molecular weight excluding hydrogens is 452 g/mol. The average molecular weight is 477 g/mol. The Labute approximate surface area is 201 Å². The number of carbonyl (C=O) groups excluding carboxylic acids is 1. The number of aryl methyl sites for hydroxylation is 1. The summed E-state index contributed by atoms with van der Waals surface area (Å²) >= 11 is 3.04. The van der Waals surface area contributed by atoms with Gasteiger partial charge >= 0.3 is 0 Å². The standard InChI is InChI=1S/C25H24N4O2S2/c1-4-13-29-24(21-15-32-17(2)23(21)18-9-6-5-7-10-18)27-28-25(29)33-16-22(30)26-19-11-8-12-20(14-19)31-3/h4-12,14-15H,1,13,16H2,2-3H3,(H,26,30). The maximum absolute atomic E-state index is 12.5. The minimum Gasteiger partial charge on any atom is -0.497 e. The number of amides is 1. The fourth-order valence-corrected chi connectivity index (χ4v) is 5.11. The molecule has 0 aliphatic heterocycles. The topological polar surface area (TPSA) is 69.0 Å². The Hall–Kier alpha value is -3.36. The van der Waals surface area contributed by atoms with Crippen LogP contribution in [0.3, 0.4) is 0 Å². The van der Waals surface area contributed by atoms with Crippen molar-refractivity contribution in [1.82, 2.24) is 14.8 Å². The lowest BCUT2D eigenvalue weighted by molar-refractivity contribution is -0.113. The number of nitrogens with one attached hydrogen (secondary N) is 1. The Bertz CT molecular complexity index is 1260. The van der Waals surface area contributed by atoms with Gasteiger partial charge in [-0.25, -0.2) is 0 Å². The molecule has 2 heterocycles. The summed E-state index contributed by atoms with van der Waals surface area (Å²) in [6, 6.07) is 17.6. The molecule has 0 saturated heterocycles. The molecule has 0 fully saturated rings. The van der Waals surface area contributed by atoms with Gasteiger partial charge in [0.15, 0.2) is 11.0 Å². The molecule has 0 bridgehead atoms. The Morgan fingerprint density at radius 1 is 1.21 bits per heavy atom. The van der Waals surface area contributed by atoms with E-state index in [1.54, 1.807) is 24.5 Å². The van der Waals surface area contributed by atoms with Crippen LogP contribution >= 0.6 is 23.1 Å². The quantitative estimate of drug-likeness (QED) is 0.240. The molecule has 33 heavy (non-hydrogen) atoms. The first-order chi connectivity index (χ1) is 16.1. The van der Waals surface area contributed by atoms with E-state index in [0.29, 0.717) is 23.1 Å². The number of hydrogen-bond acceptors (Lipinski definition) is 6. The summed E-state index contributed by atoms with van der Waals surface area (Å²) in [6.45, 7) is 6.55. The molecule has 0 aliphatic rings. The van der Waals surface area contributed by atoms with E-state index in [0.717, 1.165) is 22.5 Å². The van der Waals surface area contributed by atoms with E-state index in [2.05, 4.69) is 46.5 Å². The maximum atomic E-state index is 12.5. The third-order valence-electron chi connectivity index (χ3n) is 4.99. The van der Waals surface area contributed by atoms with Gasteiger partial charge in [-0.05, 0) is 24.6 Å². The second-order valence-corrected chi connectivity index (χ2v) is 9.25. The summed E-state index contributed by atoms with van der Waals surface area (Å²) in [5.74, 6) is 1.55. The van der Waals surface area contributed by atoms with Gasteiger partial charge in [-0.3, -0.25) is 9.36 Å². The summed E-state index contributed by atoms with van der Waals surface area (Å²) in [4.78, 5) is 13.7. The number of thioether (sulfide) groups is 1. The summed E-state index contributed by atoms with van der Waals surface area (Å²) in [5, 5.41) is 14.6. The lowest BCUT2D eigenvalue weighted by atomic mass is 10.0. The molecule has 1 amide bonds. The summed E-state index contributed by atoms with van der Waals surface area (Å²) < 4.78 is 7.21. The highest BCUT2D eigenvalue weighted by Crippen LogP contribution is 2.39. The summed E-state index contributed by atoms with van der Waals surface area (Å²) in [6.07, 6.45) is 1.81. The molecule has 4 rings (SSSR count). The number of methoxy groups -OCH3 is 1. The molecule has 4 aromatic rings. The Kier molecular flexibility index (Phi) is 7.26. The number of carbonyl (C=O) groups is 1. The van der Waals surface area contributed by atoms with Gasteiger partial charge in [0.2, 0.25) is 5.91 Å². The first-order valence-electron chi connectivity index (χ1n) is 10.4. The van der Waals surface area contributed by atoms with Crippen molar-refractivity contribution in [2.45, 2.75) is 18.6 Å². The number of nitrogens with zero attached hydrogens (tertiary/aromatic N) is 3. The normalized spacial score (nSPS) is 10.7. The molecule has 168 valence electrons. The number of hydrogen-bond donors (Lipinski definition) is 1. The largest absolute Gasteiger partial charge is 0.497 e. The van der Waals surface area contributed by atoms with Gasteiger partial charge < -0.3 is 10.1 Å². The monoisotopic (exact) mass is 476 g/mol. The van der Waals surface area contributed by atoms with Gasteiger partial charge in [-0.15, -0.1) is 28.1 Å². The molecular formula is C25H24N4O2S2. The van der Waals surface area contributed by atoms with Crippen LogP contribution in [0.1, 0.15) is 4.88 Å². The van der Waals surface area contributed by atoms with Crippen LogP contribution < -0.4 is 10.1 Å². The SMILES string of the molecule is C=CCn1c(SCC(=O)Nc2cccc(OC)c2)nnc1-c1csc(C)c1-c1ccccc1. The molecule has 0 aliphatic carbocycles. The van der Waals surface area contributed by atoms with E-state index in [-0.39, 0.29) is 11.7 Å². The lowest BCUT2D eigenvalue weighted by Gasteiger charge is -2.10. The summed E-state index contributed by atoms with van der Waals surface area (Å²) in [5.41, 5.74) is 4.03. The molecule has 0 spiro atoms. The van der Waals surface area contributed by atoms with Crippen molar-refractivity contribution in [2.24, 2.45) is 0 Å². The van der Waals surface area contributed by atoms with Crippen molar-refractivity contribution in [3.63, 3.8) is 0 Å².